The first-order valence-corrected chi connectivity index (χ1v) is 11.3. The van der Waals surface area contributed by atoms with E-state index < -0.39 is 46.7 Å². The van der Waals surface area contributed by atoms with E-state index >= 15 is 0 Å². The summed E-state index contributed by atoms with van der Waals surface area (Å²) in [6.45, 7) is 5.63. The number of amides is 1. The Kier molecular flexibility index (Phi) is 7.42. The minimum atomic E-state index is -0.953. The number of H-pyrrole nitrogens is 1. The van der Waals surface area contributed by atoms with Gasteiger partial charge in [0.05, 0.1) is 12.7 Å². The number of esters is 2. The van der Waals surface area contributed by atoms with Crippen LogP contribution in [-0.2, 0) is 9.47 Å². The largest absolute Gasteiger partial charge is 0.464 e. The minimum absolute atomic E-state index is 0.0676. The molecule has 11 heteroatoms. The van der Waals surface area contributed by atoms with Crippen LogP contribution >= 0.6 is 11.8 Å². The maximum absolute atomic E-state index is 12.9. The SMILES string of the molecule is COC(=O)c1nc(C2CSCCN2C(=O)OC(C)(C)C)[nH]c(=O)c1OC(=O)c1ccccc1. The number of hydrogen-bond acceptors (Lipinski definition) is 9. The van der Waals surface area contributed by atoms with Crippen molar-refractivity contribution in [2.45, 2.75) is 32.4 Å². The second-order valence-electron chi connectivity index (χ2n) is 8.14. The van der Waals surface area contributed by atoms with Gasteiger partial charge in [0, 0.05) is 18.1 Å². The lowest BCUT2D eigenvalue weighted by atomic mass is 10.2. The molecule has 1 saturated heterocycles. The molecule has 176 valence electrons. The van der Waals surface area contributed by atoms with E-state index in [2.05, 4.69) is 9.97 Å². The molecule has 10 nitrogen and oxygen atoms in total. The molecule has 0 bridgehead atoms. The van der Waals surface area contributed by atoms with Crippen LogP contribution in [0.4, 0.5) is 4.79 Å². The summed E-state index contributed by atoms with van der Waals surface area (Å²) >= 11 is 1.56. The summed E-state index contributed by atoms with van der Waals surface area (Å²) in [4.78, 5) is 58.7. The summed E-state index contributed by atoms with van der Waals surface area (Å²) in [5.41, 5.74) is -1.82. The first-order valence-electron chi connectivity index (χ1n) is 10.2. The predicted octanol–water partition coefficient (Wildman–Crippen LogP) is 2.80. The maximum Gasteiger partial charge on any atom is 0.410 e. The zero-order valence-corrected chi connectivity index (χ0v) is 19.6. The van der Waals surface area contributed by atoms with Crippen LogP contribution in [0.3, 0.4) is 0 Å². The normalized spacial score (nSPS) is 16.1. The molecule has 0 radical (unpaired) electrons. The Morgan fingerprint density at radius 3 is 2.48 bits per heavy atom. The molecule has 1 aliphatic heterocycles. The summed E-state index contributed by atoms with van der Waals surface area (Å²) in [6, 6.07) is 7.35. The van der Waals surface area contributed by atoms with Crippen LogP contribution < -0.4 is 10.3 Å². The van der Waals surface area contributed by atoms with Crippen molar-refractivity contribution in [3.8, 4) is 5.75 Å². The lowest BCUT2D eigenvalue weighted by Crippen LogP contribution is -2.44. The molecule has 1 amide bonds. The number of nitrogens with one attached hydrogen (secondary N) is 1. The molecule has 0 saturated carbocycles. The fourth-order valence-electron chi connectivity index (χ4n) is 3.06. The van der Waals surface area contributed by atoms with E-state index in [0.717, 1.165) is 7.11 Å². The molecule has 1 atom stereocenters. The molecule has 1 aliphatic rings. The van der Waals surface area contributed by atoms with Gasteiger partial charge < -0.3 is 19.2 Å². The van der Waals surface area contributed by atoms with Crippen molar-refractivity contribution in [3.63, 3.8) is 0 Å². The van der Waals surface area contributed by atoms with Crippen LogP contribution in [0, 0.1) is 0 Å². The Bertz CT molecular complexity index is 1100. The highest BCUT2D eigenvalue weighted by molar-refractivity contribution is 7.99. The number of aromatic amines is 1. The molecular weight excluding hydrogens is 450 g/mol. The first kappa shape index (κ1) is 24.3. The van der Waals surface area contributed by atoms with Crippen LogP contribution in [0.2, 0.25) is 0 Å². The topological polar surface area (TPSA) is 128 Å². The quantitative estimate of drug-likeness (QED) is 0.664. The molecule has 0 aliphatic carbocycles. The van der Waals surface area contributed by atoms with E-state index in [0.29, 0.717) is 18.1 Å². The van der Waals surface area contributed by atoms with E-state index in [1.54, 1.807) is 50.7 Å². The van der Waals surface area contributed by atoms with Gasteiger partial charge >= 0.3 is 18.0 Å². The van der Waals surface area contributed by atoms with Crippen LogP contribution in [-0.4, -0.2) is 63.7 Å². The van der Waals surface area contributed by atoms with Gasteiger partial charge in [-0.3, -0.25) is 9.69 Å². The molecule has 0 spiro atoms. The van der Waals surface area contributed by atoms with Crippen LogP contribution in [0.25, 0.3) is 0 Å². The second kappa shape index (κ2) is 10.1. The summed E-state index contributed by atoms with van der Waals surface area (Å²) in [5, 5.41) is 0. The molecule has 1 aromatic heterocycles. The third-order valence-corrected chi connectivity index (χ3v) is 5.57. The Labute approximate surface area is 194 Å². The molecule has 33 heavy (non-hydrogen) atoms. The molecule has 1 N–H and O–H groups in total. The van der Waals surface area contributed by atoms with Crippen LogP contribution in [0.1, 0.15) is 53.5 Å². The number of ether oxygens (including phenoxy) is 3. The van der Waals surface area contributed by atoms with Gasteiger partial charge in [-0.25, -0.2) is 19.4 Å². The van der Waals surface area contributed by atoms with Gasteiger partial charge in [0.2, 0.25) is 5.75 Å². The van der Waals surface area contributed by atoms with Crippen LogP contribution in [0.5, 0.6) is 5.75 Å². The van der Waals surface area contributed by atoms with Gasteiger partial charge in [0.1, 0.15) is 17.5 Å². The lowest BCUT2D eigenvalue weighted by Gasteiger charge is -2.35. The standard InChI is InChI=1S/C22H25N3O7S/c1-22(2,3)32-21(29)25-10-11-33-12-14(25)17-23-15(20(28)30-4)16(18(26)24-17)31-19(27)13-8-6-5-7-9-13/h5-9,14H,10-12H2,1-4H3,(H,23,24,26). The van der Waals surface area contributed by atoms with E-state index in [9.17, 15) is 19.2 Å². The number of rotatable bonds is 4. The molecule has 1 unspecified atom stereocenters. The fraction of sp³-hybridized carbons (Fsp3) is 0.409. The average Bonchev–Trinajstić information content (AvgIpc) is 2.79. The zero-order chi connectivity index (χ0) is 24.2. The Morgan fingerprint density at radius 2 is 1.85 bits per heavy atom. The van der Waals surface area contributed by atoms with E-state index in [-0.39, 0.29) is 11.4 Å². The fourth-order valence-corrected chi connectivity index (χ4v) is 4.12. The van der Waals surface area contributed by atoms with Crippen molar-refractivity contribution in [3.05, 3.63) is 57.8 Å². The summed E-state index contributed by atoms with van der Waals surface area (Å²) in [6.07, 6.45) is -0.561. The van der Waals surface area contributed by atoms with Gasteiger partial charge in [-0.1, -0.05) is 18.2 Å². The lowest BCUT2D eigenvalue weighted by molar-refractivity contribution is 0.0177. The number of aromatic nitrogens is 2. The smallest absolute Gasteiger partial charge is 0.410 e. The van der Waals surface area contributed by atoms with Crippen LogP contribution in [0.15, 0.2) is 35.1 Å². The number of hydrogen-bond donors (Lipinski definition) is 1. The van der Waals surface area contributed by atoms with Crippen molar-refractivity contribution < 1.29 is 28.6 Å². The second-order valence-corrected chi connectivity index (χ2v) is 9.29. The van der Waals surface area contributed by atoms with Gasteiger partial charge in [-0.05, 0) is 32.9 Å². The van der Waals surface area contributed by atoms with Crippen molar-refractivity contribution in [2.24, 2.45) is 0 Å². The number of carbonyl (C=O) groups excluding carboxylic acids is 3. The zero-order valence-electron chi connectivity index (χ0n) is 18.7. The summed E-state index contributed by atoms with van der Waals surface area (Å²) < 4.78 is 15.4. The molecule has 1 fully saturated rings. The van der Waals surface area contributed by atoms with Crippen molar-refractivity contribution in [1.82, 2.24) is 14.9 Å². The highest BCUT2D eigenvalue weighted by Gasteiger charge is 2.35. The van der Waals surface area contributed by atoms with Crippen molar-refractivity contribution >= 4 is 29.8 Å². The Balaban J connectivity index is 1.98. The maximum atomic E-state index is 12.9. The number of carbonyl (C=O) groups is 3. The van der Waals surface area contributed by atoms with E-state index in [1.165, 1.54) is 17.0 Å². The predicted molar refractivity (Wildman–Crippen MR) is 121 cm³/mol. The first-order chi connectivity index (χ1) is 15.6. The number of benzene rings is 1. The molecule has 1 aromatic carbocycles. The molecule has 2 heterocycles. The average molecular weight is 476 g/mol. The number of methoxy groups -OCH3 is 1. The minimum Gasteiger partial charge on any atom is -0.464 e. The third kappa shape index (κ3) is 5.92. The molecular formula is C22H25N3O7S. The van der Waals surface area contributed by atoms with Gasteiger partial charge in [-0.15, -0.1) is 0 Å². The Hall–Kier alpha value is -3.34. The van der Waals surface area contributed by atoms with E-state index in [4.69, 9.17) is 14.2 Å². The molecule has 3 rings (SSSR count). The summed E-state index contributed by atoms with van der Waals surface area (Å²) in [7, 11) is 1.12. The van der Waals surface area contributed by atoms with Crippen molar-refractivity contribution in [1.29, 1.82) is 0 Å². The monoisotopic (exact) mass is 475 g/mol. The number of nitrogens with zero attached hydrogens (tertiary/aromatic N) is 2. The van der Waals surface area contributed by atoms with Gasteiger partial charge in [-0.2, -0.15) is 11.8 Å². The number of thioether (sulfide) groups is 1. The third-order valence-electron chi connectivity index (χ3n) is 4.55. The highest BCUT2D eigenvalue weighted by atomic mass is 32.2. The highest BCUT2D eigenvalue weighted by Crippen LogP contribution is 2.29. The van der Waals surface area contributed by atoms with E-state index in [1.807, 2.05) is 0 Å². The molecule has 2 aromatic rings. The summed E-state index contributed by atoms with van der Waals surface area (Å²) in [5.74, 6) is -1.19. The Morgan fingerprint density at radius 1 is 1.15 bits per heavy atom. The van der Waals surface area contributed by atoms with Gasteiger partial charge in [0.15, 0.2) is 5.69 Å². The van der Waals surface area contributed by atoms with Gasteiger partial charge in [0.25, 0.3) is 5.56 Å². The van der Waals surface area contributed by atoms with Crippen molar-refractivity contribution in [2.75, 3.05) is 25.2 Å².